The fraction of sp³-hybridized carbons (Fsp3) is 0.417. The summed E-state index contributed by atoms with van der Waals surface area (Å²) in [5.41, 5.74) is 3.13. The lowest BCUT2D eigenvalue weighted by atomic mass is 10.1. The molecule has 5 rings (SSSR count). The number of carbonyl (C=O) groups is 2. The first-order valence-corrected chi connectivity index (χ1v) is 12.9. The summed E-state index contributed by atoms with van der Waals surface area (Å²) in [5.74, 6) is -0.165. The Morgan fingerprint density at radius 1 is 0.970 bits per heavy atom. The van der Waals surface area contributed by atoms with Crippen LogP contribution in [-0.4, -0.2) is 68.2 Å². The number of fused-ring (bicyclic) bond motifs is 3. The van der Waals surface area contributed by atoms with E-state index in [9.17, 15) is 18.0 Å². The van der Waals surface area contributed by atoms with E-state index in [1.54, 1.807) is 41.3 Å². The molecular formula is C24H28N4O4S. The summed E-state index contributed by atoms with van der Waals surface area (Å²) in [6.45, 7) is 4.19. The van der Waals surface area contributed by atoms with Gasteiger partial charge < -0.3 is 15.1 Å². The van der Waals surface area contributed by atoms with Crippen LogP contribution in [-0.2, 0) is 14.8 Å². The second-order valence-corrected chi connectivity index (χ2v) is 10.9. The molecule has 2 saturated heterocycles. The second-order valence-electron chi connectivity index (χ2n) is 8.94. The largest absolute Gasteiger partial charge is 0.358 e. The fourth-order valence-corrected chi connectivity index (χ4v) is 6.41. The molecule has 174 valence electrons. The van der Waals surface area contributed by atoms with Crippen molar-refractivity contribution in [3.05, 3.63) is 53.6 Å². The van der Waals surface area contributed by atoms with Crippen LogP contribution in [0.4, 0.5) is 11.4 Å². The van der Waals surface area contributed by atoms with E-state index in [1.807, 2.05) is 13.0 Å². The third-order valence-corrected chi connectivity index (χ3v) is 8.68. The van der Waals surface area contributed by atoms with Crippen molar-refractivity contribution in [1.29, 1.82) is 0 Å². The van der Waals surface area contributed by atoms with Gasteiger partial charge in [-0.1, -0.05) is 17.7 Å². The maximum absolute atomic E-state index is 13.2. The van der Waals surface area contributed by atoms with Gasteiger partial charge in [-0.15, -0.1) is 0 Å². The number of nitrogens with zero attached hydrogens (tertiary/aromatic N) is 3. The zero-order valence-corrected chi connectivity index (χ0v) is 19.5. The molecule has 33 heavy (non-hydrogen) atoms. The Morgan fingerprint density at radius 2 is 1.76 bits per heavy atom. The summed E-state index contributed by atoms with van der Waals surface area (Å²) >= 11 is 0. The average molecular weight is 469 g/mol. The number of hydrogen-bond acceptors (Lipinski definition) is 5. The van der Waals surface area contributed by atoms with Crippen LogP contribution in [0.25, 0.3) is 0 Å². The SMILES string of the molecule is Cc1ccc(S(=O)(=O)N2CCCN(C(=O)c3ccc4c(c3)NC(=O)C3CCCN43)CC2)cc1. The van der Waals surface area contributed by atoms with E-state index >= 15 is 0 Å². The van der Waals surface area contributed by atoms with Gasteiger partial charge in [0, 0.05) is 38.3 Å². The second kappa shape index (κ2) is 8.46. The molecule has 2 amide bonds. The topological polar surface area (TPSA) is 90.0 Å². The normalized spacial score (nSPS) is 21.2. The minimum Gasteiger partial charge on any atom is -0.358 e. The molecule has 2 fully saturated rings. The number of sulfonamides is 1. The molecule has 1 atom stereocenters. The zero-order valence-electron chi connectivity index (χ0n) is 18.7. The van der Waals surface area contributed by atoms with Gasteiger partial charge in [-0.2, -0.15) is 4.31 Å². The lowest BCUT2D eigenvalue weighted by molar-refractivity contribution is -0.117. The van der Waals surface area contributed by atoms with Crippen LogP contribution in [0.5, 0.6) is 0 Å². The molecule has 2 aromatic rings. The summed E-state index contributed by atoms with van der Waals surface area (Å²) < 4.78 is 27.6. The number of nitrogens with one attached hydrogen (secondary N) is 1. The van der Waals surface area contributed by atoms with Gasteiger partial charge in [-0.3, -0.25) is 9.59 Å². The van der Waals surface area contributed by atoms with Gasteiger partial charge in [0.25, 0.3) is 5.91 Å². The third-order valence-electron chi connectivity index (χ3n) is 6.77. The van der Waals surface area contributed by atoms with Crippen LogP contribution in [0.2, 0.25) is 0 Å². The number of carbonyl (C=O) groups excluding carboxylic acids is 2. The number of rotatable bonds is 3. The Kier molecular flexibility index (Phi) is 5.62. The Hall–Kier alpha value is -2.91. The highest BCUT2D eigenvalue weighted by Gasteiger charge is 2.36. The fourth-order valence-electron chi connectivity index (χ4n) is 4.94. The van der Waals surface area contributed by atoms with Crippen molar-refractivity contribution in [3.8, 4) is 0 Å². The predicted octanol–water partition coefficient (Wildman–Crippen LogP) is 2.45. The molecule has 1 unspecified atom stereocenters. The van der Waals surface area contributed by atoms with E-state index in [0.29, 0.717) is 37.3 Å². The molecule has 9 heteroatoms. The standard InChI is InChI=1S/C24H28N4O4S/c1-17-5-8-19(9-6-17)33(31,32)27-12-3-11-26(14-15-27)24(30)18-7-10-21-20(16-18)25-23(29)22-4-2-13-28(21)22/h5-10,16,22H,2-4,11-15H2,1H3,(H,25,29). The maximum atomic E-state index is 13.2. The van der Waals surface area contributed by atoms with Crippen molar-refractivity contribution < 1.29 is 18.0 Å². The van der Waals surface area contributed by atoms with Crippen molar-refractivity contribution >= 4 is 33.2 Å². The molecule has 0 bridgehead atoms. The van der Waals surface area contributed by atoms with Gasteiger partial charge in [-0.05, 0) is 56.5 Å². The predicted molar refractivity (Wildman–Crippen MR) is 126 cm³/mol. The van der Waals surface area contributed by atoms with Gasteiger partial charge in [0.05, 0.1) is 16.3 Å². The summed E-state index contributed by atoms with van der Waals surface area (Å²) in [6, 6.07) is 12.2. The van der Waals surface area contributed by atoms with E-state index in [1.165, 1.54) is 4.31 Å². The number of aryl methyl sites for hydroxylation is 1. The van der Waals surface area contributed by atoms with Crippen LogP contribution in [0.15, 0.2) is 47.4 Å². The summed E-state index contributed by atoms with van der Waals surface area (Å²) in [6.07, 6.45) is 2.39. The number of benzene rings is 2. The third kappa shape index (κ3) is 4.00. The highest BCUT2D eigenvalue weighted by Crippen LogP contribution is 2.37. The minimum absolute atomic E-state index is 0.0173. The van der Waals surface area contributed by atoms with Gasteiger partial charge in [0.1, 0.15) is 6.04 Å². The minimum atomic E-state index is -3.60. The molecule has 8 nitrogen and oxygen atoms in total. The molecule has 2 aromatic carbocycles. The number of hydrogen-bond donors (Lipinski definition) is 1. The van der Waals surface area contributed by atoms with Gasteiger partial charge >= 0.3 is 0 Å². The van der Waals surface area contributed by atoms with Gasteiger partial charge in [0.15, 0.2) is 0 Å². The monoisotopic (exact) mass is 468 g/mol. The van der Waals surface area contributed by atoms with E-state index in [0.717, 1.165) is 30.6 Å². The van der Waals surface area contributed by atoms with Crippen molar-refractivity contribution in [2.45, 2.75) is 37.1 Å². The van der Waals surface area contributed by atoms with E-state index < -0.39 is 10.0 Å². The summed E-state index contributed by atoms with van der Waals surface area (Å²) in [4.78, 5) is 29.8. The maximum Gasteiger partial charge on any atom is 0.253 e. The summed E-state index contributed by atoms with van der Waals surface area (Å²) in [7, 11) is -3.60. The molecule has 3 heterocycles. The molecule has 3 aliphatic rings. The van der Waals surface area contributed by atoms with Crippen LogP contribution in [0.3, 0.4) is 0 Å². The Balaban J connectivity index is 1.31. The highest BCUT2D eigenvalue weighted by atomic mass is 32.2. The molecular weight excluding hydrogens is 440 g/mol. The molecule has 0 radical (unpaired) electrons. The first kappa shape index (κ1) is 21.9. The lowest BCUT2D eigenvalue weighted by Crippen LogP contribution is -2.44. The summed E-state index contributed by atoms with van der Waals surface area (Å²) in [5, 5.41) is 2.95. The van der Waals surface area contributed by atoms with Crippen LogP contribution < -0.4 is 10.2 Å². The smallest absolute Gasteiger partial charge is 0.253 e. The highest BCUT2D eigenvalue weighted by molar-refractivity contribution is 7.89. The van der Waals surface area contributed by atoms with Gasteiger partial charge in [0.2, 0.25) is 15.9 Å². The van der Waals surface area contributed by atoms with E-state index in [4.69, 9.17) is 0 Å². The first-order valence-electron chi connectivity index (χ1n) is 11.4. The van der Waals surface area contributed by atoms with E-state index in [-0.39, 0.29) is 29.3 Å². The molecule has 1 N–H and O–H groups in total. The Morgan fingerprint density at radius 3 is 2.55 bits per heavy atom. The lowest BCUT2D eigenvalue weighted by Gasteiger charge is -2.33. The van der Waals surface area contributed by atoms with Crippen LogP contribution >= 0.6 is 0 Å². The molecule has 3 aliphatic heterocycles. The van der Waals surface area contributed by atoms with E-state index in [2.05, 4.69) is 10.2 Å². The molecule has 0 aromatic heterocycles. The van der Waals surface area contributed by atoms with Crippen LogP contribution in [0, 0.1) is 6.92 Å². The van der Waals surface area contributed by atoms with Gasteiger partial charge in [-0.25, -0.2) is 8.42 Å². The molecule has 0 saturated carbocycles. The molecule has 0 spiro atoms. The number of anilines is 2. The Labute approximate surface area is 194 Å². The van der Waals surface area contributed by atoms with Crippen molar-refractivity contribution in [2.24, 2.45) is 0 Å². The quantitative estimate of drug-likeness (QED) is 0.747. The molecule has 0 aliphatic carbocycles. The average Bonchev–Trinajstić information content (AvgIpc) is 3.17. The first-order chi connectivity index (χ1) is 15.8. The Bertz CT molecular complexity index is 1200. The van der Waals surface area contributed by atoms with Crippen molar-refractivity contribution in [1.82, 2.24) is 9.21 Å². The van der Waals surface area contributed by atoms with Crippen molar-refractivity contribution in [3.63, 3.8) is 0 Å². The van der Waals surface area contributed by atoms with Crippen LogP contribution in [0.1, 0.15) is 35.2 Å². The van der Waals surface area contributed by atoms with Crippen molar-refractivity contribution in [2.75, 3.05) is 42.9 Å². The number of amides is 2. The zero-order chi connectivity index (χ0) is 23.2.